The third-order valence-corrected chi connectivity index (χ3v) is 4.71. The van der Waals surface area contributed by atoms with Crippen LogP contribution in [-0.2, 0) is 11.3 Å². The smallest absolute Gasteiger partial charge is 0.234 e. The summed E-state index contributed by atoms with van der Waals surface area (Å²) in [6, 6.07) is 11.8. The van der Waals surface area contributed by atoms with Gasteiger partial charge in [-0.15, -0.1) is 11.8 Å². The maximum atomic E-state index is 12.1. The molecule has 1 amide bonds. The molecule has 0 N–H and O–H groups in total. The molecular weight excluding hydrogens is 284 g/mol. The van der Waals surface area contributed by atoms with Crippen molar-refractivity contribution in [1.82, 2.24) is 9.88 Å². The van der Waals surface area contributed by atoms with Crippen LogP contribution in [0.1, 0.15) is 16.5 Å². The Kier molecular flexibility index (Phi) is 4.10. The Morgan fingerprint density at radius 3 is 2.81 bits per heavy atom. The third-order valence-electron chi connectivity index (χ3n) is 3.45. The highest BCUT2D eigenvalue weighted by Gasteiger charge is 2.32. The van der Waals surface area contributed by atoms with E-state index in [1.807, 2.05) is 47.5 Å². The standard InChI is InChI=1S/C16H16N2O2S/c1-20-14-6-4-12(5-7-14)10-18-15(19)11-21-16(18)13-3-2-8-17-9-13/h2-9,16H,10-11H2,1H3. The molecule has 4 nitrogen and oxygen atoms in total. The average Bonchev–Trinajstić information content (AvgIpc) is 2.90. The zero-order valence-corrected chi connectivity index (χ0v) is 12.5. The highest BCUT2D eigenvalue weighted by Crippen LogP contribution is 2.39. The third kappa shape index (κ3) is 3.03. The maximum Gasteiger partial charge on any atom is 0.234 e. The summed E-state index contributed by atoms with van der Waals surface area (Å²) in [6.45, 7) is 0.607. The molecule has 3 rings (SSSR count). The van der Waals surface area contributed by atoms with E-state index in [0.29, 0.717) is 12.3 Å². The fraction of sp³-hybridized carbons (Fsp3) is 0.250. The van der Waals surface area contributed by atoms with Gasteiger partial charge in [0.05, 0.1) is 12.9 Å². The quantitative estimate of drug-likeness (QED) is 0.871. The molecule has 21 heavy (non-hydrogen) atoms. The predicted octanol–water partition coefficient (Wildman–Crippen LogP) is 2.86. The molecule has 0 spiro atoms. The van der Waals surface area contributed by atoms with Gasteiger partial charge in [-0.1, -0.05) is 18.2 Å². The van der Waals surface area contributed by atoms with Crippen LogP contribution in [0.4, 0.5) is 0 Å². The van der Waals surface area contributed by atoms with Gasteiger partial charge in [0, 0.05) is 24.5 Å². The van der Waals surface area contributed by atoms with Gasteiger partial charge < -0.3 is 9.64 Å². The highest BCUT2D eigenvalue weighted by molar-refractivity contribution is 8.00. The number of pyridine rings is 1. The number of hydrogen-bond donors (Lipinski definition) is 0. The molecule has 0 radical (unpaired) electrons. The van der Waals surface area contributed by atoms with Crippen molar-refractivity contribution < 1.29 is 9.53 Å². The molecule has 1 unspecified atom stereocenters. The van der Waals surface area contributed by atoms with E-state index in [1.165, 1.54) is 0 Å². The summed E-state index contributed by atoms with van der Waals surface area (Å²) in [4.78, 5) is 18.2. The summed E-state index contributed by atoms with van der Waals surface area (Å²) in [5.74, 6) is 1.52. The van der Waals surface area contributed by atoms with E-state index in [0.717, 1.165) is 16.9 Å². The topological polar surface area (TPSA) is 42.4 Å². The lowest BCUT2D eigenvalue weighted by atomic mass is 10.2. The number of methoxy groups -OCH3 is 1. The minimum atomic E-state index is 0.0494. The molecule has 1 aromatic heterocycles. The molecule has 0 saturated carbocycles. The molecule has 2 heterocycles. The van der Waals surface area contributed by atoms with Gasteiger partial charge in [-0.3, -0.25) is 9.78 Å². The van der Waals surface area contributed by atoms with E-state index >= 15 is 0 Å². The normalized spacial score (nSPS) is 18.0. The average molecular weight is 300 g/mol. The minimum Gasteiger partial charge on any atom is -0.497 e. The molecule has 1 atom stereocenters. The van der Waals surface area contributed by atoms with Gasteiger partial charge in [0.25, 0.3) is 0 Å². The zero-order valence-electron chi connectivity index (χ0n) is 11.7. The first kappa shape index (κ1) is 13.9. The molecule has 1 aliphatic heterocycles. The minimum absolute atomic E-state index is 0.0494. The predicted molar refractivity (Wildman–Crippen MR) is 83.0 cm³/mol. The lowest BCUT2D eigenvalue weighted by Gasteiger charge is -2.24. The van der Waals surface area contributed by atoms with Crippen LogP contribution in [-0.4, -0.2) is 28.7 Å². The molecule has 1 aliphatic rings. The van der Waals surface area contributed by atoms with Crippen LogP contribution in [0.2, 0.25) is 0 Å². The Bertz CT molecular complexity index is 616. The van der Waals surface area contributed by atoms with E-state index in [9.17, 15) is 4.79 Å². The van der Waals surface area contributed by atoms with Gasteiger partial charge in [0.15, 0.2) is 0 Å². The molecule has 1 aromatic carbocycles. The van der Waals surface area contributed by atoms with Gasteiger partial charge >= 0.3 is 0 Å². The van der Waals surface area contributed by atoms with Gasteiger partial charge in [0.2, 0.25) is 5.91 Å². The second-order valence-electron chi connectivity index (χ2n) is 4.82. The summed E-state index contributed by atoms with van der Waals surface area (Å²) in [6.07, 6.45) is 3.58. The second kappa shape index (κ2) is 6.18. The van der Waals surface area contributed by atoms with E-state index in [2.05, 4.69) is 4.98 Å². The number of ether oxygens (including phenoxy) is 1. The number of nitrogens with zero attached hydrogens (tertiary/aromatic N) is 2. The summed E-state index contributed by atoms with van der Waals surface area (Å²) >= 11 is 1.65. The van der Waals surface area contributed by atoms with Crippen molar-refractivity contribution in [2.75, 3.05) is 12.9 Å². The number of benzene rings is 1. The Morgan fingerprint density at radius 2 is 2.14 bits per heavy atom. The summed E-state index contributed by atoms with van der Waals surface area (Å²) in [5, 5.41) is 0.0494. The van der Waals surface area contributed by atoms with Gasteiger partial charge in [-0.2, -0.15) is 0 Å². The number of hydrogen-bond acceptors (Lipinski definition) is 4. The van der Waals surface area contributed by atoms with Crippen molar-refractivity contribution in [3.8, 4) is 5.75 Å². The summed E-state index contributed by atoms with van der Waals surface area (Å²) < 4.78 is 5.16. The number of carbonyl (C=O) groups excluding carboxylic acids is 1. The first-order valence-electron chi connectivity index (χ1n) is 6.72. The fourth-order valence-corrected chi connectivity index (χ4v) is 3.52. The van der Waals surface area contributed by atoms with Crippen molar-refractivity contribution in [2.24, 2.45) is 0 Å². The van der Waals surface area contributed by atoms with Crippen molar-refractivity contribution in [3.63, 3.8) is 0 Å². The lowest BCUT2D eigenvalue weighted by molar-refractivity contribution is -0.128. The Morgan fingerprint density at radius 1 is 1.33 bits per heavy atom. The number of aromatic nitrogens is 1. The highest BCUT2D eigenvalue weighted by atomic mass is 32.2. The molecule has 2 aromatic rings. The van der Waals surface area contributed by atoms with Crippen molar-refractivity contribution in [1.29, 1.82) is 0 Å². The molecule has 108 valence electrons. The number of amides is 1. The second-order valence-corrected chi connectivity index (χ2v) is 5.89. The van der Waals surface area contributed by atoms with E-state index in [-0.39, 0.29) is 11.3 Å². The molecular formula is C16H16N2O2S. The van der Waals surface area contributed by atoms with Crippen LogP contribution >= 0.6 is 11.8 Å². The molecule has 1 saturated heterocycles. The Hall–Kier alpha value is -2.01. The number of rotatable bonds is 4. The lowest BCUT2D eigenvalue weighted by Crippen LogP contribution is -2.27. The van der Waals surface area contributed by atoms with Crippen molar-refractivity contribution >= 4 is 17.7 Å². The molecule has 1 fully saturated rings. The Balaban J connectivity index is 1.79. The fourth-order valence-electron chi connectivity index (χ4n) is 2.35. The van der Waals surface area contributed by atoms with E-state index < -0.39 is 0 Å². The summed E-state index contributed by atoms with van der Waals surface area (Å²) in [7, 11) is 1.65. The van der Waals surface area contributed by atoms with Gasteiger partial charge in [0.1, 0.15) is 11.1 Å². The number of thioether (sulfide) groups is 1. The monoisotopic (exact) mass is 300 g/mol. The van der Waals surface area contributed by atoms with Crippen LogP contribution in [0, 0.1) is 0 Å². The van der Waals surface area contributed by atoms with E-state index in [4.69, 9.17) is 4.74 Å². The largest absolute Gasteiger partial charge is 0.497 e. The van der Waals surface area contributed by atoms with Crippen LogP contribution in [0.25, 0.3) is 0 Å². The van der Waals surface area contributed by atoms with Crippen molar-refractivity contribution in [2.45, 2.75) is 11.9 Å². The first-order valence-corrected chi connectivity index (χ1v) is 7.77. The van der Waals surface area contributed by atoms with Crippen LogP contribution in [0.5, 0.6) is 5.75 Å². The Labute approximate surface area is 128 Å². The molecule has 5 heteroatoms. The maximum absolute atomic E-state index is 12.1. The number of carbonyl (C=O) groups is 1. The van der Waals surface area contributed by atoms with Crippen LogP contribution < -0.4 is 4.74 Å². The van der Waals surface area contributed by atoms with Crippen molar-refractivity contribution in [3.05, 3.63) is 59.9 Å². The first-order chi connectivity index (χ1) is 10.3. The SMILES string of the molecule is COc1ccc(CN2C(=O)CSC2c2cccnc2)cc1. The molecule has 0 aliphatic carbocycles. The molecule has 0 bridgehead atoms. The van der Waals surface area contributed by atoms with Crippen LogP contribution in [0.15, 0.2) is 48.8 Å². The van der Waals surface area contributed by atoms with Gasteiger partial charge in [-0.25, -0.2) is 0 Å². The summed E-state index contributed by atoms with van der Waals surface area (Å²) in [5.41, 5.74) is 2.17. The zero-order chi connectivity index (χ0) is 14.7. The van der Waals surface area contributed by atoms with E-state index in [1.54, 1.807) is 25.1 Å². The van der Waals surface area contributed by atoms with Gasteiger partial charge in [-0.05, 0) is 23.8 Å². The van der Waals surface area contributed by atoms with Crippen LogP contribution in [0.3, 0.4) is 0 Å².